The number of rotatable bonds is 8. The number of nitrogens with zero attached hydrogens (tertiary/aromatic N) is 6. The van der Waals surface area contributed by atoms with E-state index in [1.54, 1.807) is 12.1 Å². The molecule has 202 valence electrons. The van der Waals surface area contributed by atoms with Gasteiger partial charge in [0.05, 0.1) is 12.2 Å². The summed E-state index contributed by atoms with van der Waals surface area (Å²) in [5.74, 6) is 1.18. The summed E-state index contributed by atoms with van der Waals surface area (Å²) in [4.78, 5) is 18.5. The van der Waals surface area contributed by atoms with Gasteiger partial charge in [0, 0.05) is 61.5 Å². The van der Waals surface area contributed by atoms with Crippen molar-refractivity contribution in [3.05, 3.63) is 60.3 Å². The molecule has 9 heteroatoms. The summed E-state index contributed by atoms with van der Waals surface area (Å²) in [6.07, 6.45) is 1.72. The summed E-state index contributed by atoms with van der Waals surface area (Å²) in [5, 5.41) is 22.8. The Balaban J connectivity index is 1.48. The zero-order valence-electron chi connectivity index (χ0n) is 22.5. The van der Waals surface area contributed by atoms with Gasteiger partial charge in [0.1, 0.15) is 24.4 Å². The Morgan fingerprint density at radius 2 is 2.00 bits per heavy atom. The van der Waals surface area contributed by atoms with Gasteiger partial charge in [-0.1, -0.05) is 30.8 Å². The van der Waals surface area contributed by atoms with E-state index in [0.29, 0.717) is 32.3 Å². The van der Waals surface area contributed by atoms with Crippen LogP contribution in [0.4, 0.5) is 11.5 Å². The van der Waals surface area contributed by atoms with Gasteiger partial charge in [-0.2, -0.15) is 9.97 Å². The lowest BCUT2D eigenvalue weighted by molar-refractivity contribution is 0.0295. The summed E-state index contributed by atoms with van der Waals surface area (Å²) in [6, 6.07) is 12.3. The van der Waals surface area contributed by atoms with Crippen LogP contribution in [0, 0.1) is 0 Å². The molecule has 38 heavy (non-hydrogen) atoms. The highest BCUT2D eigenvalue weighted by Gasteiger charge is 2.32. The smallest absolute Gasteiger partial charge is 0.318 e. The molecule has 1 unspecified atom stereocenters. The average Bonchev–Trinajstić information content (AvgIpc) is 2.91. The third-order valence-corrected chi connectivity index (χ3v) is 7.47. The maximum atomic E-state index is 10.4. The number of benzene rings is 2. The van der Waals surface area contributed by atoms with E-state index in [1.807, 2.05) is 43.3 Å². The third-order valence-electron chi connectivity index (χ3n) is 7.47. The average molecular weight is 519 g/mol. The molecule has 2 atom stereocenters. The number of phenolic OH excluding ortho intramolecular Hbond substituents is 1. The van der Waals surface area contributed by atoms with Crippen LogP contribution in [0.3, 0.4) is 0 Å². The first-order valence-electron chi connectivity index (χ1n) is 13.3. The molecule has 0 spiro atoms. The lowest BCUT2D eigenvalue weighted by atomic mass is 10.0. The minimum atomic E-state index is -0.644. The predicted octanol–water partition coefficient (Wildman–Crippen LogP) is 2.85. The Hall–Kier alpha value is -3.40. The van der Waals surface area contributed by atoms with Gasteiger partial charge in [0.15, 0.2) is 0 Å². The van der Waals surface area contributed by atoms with Gasteiger partial charge in [-0.25, -0.2) is 0 Å². The number of likely N-dealkylation sites (N-methyl/N-ethyl adjacent to an activating group) is 1. The van der Waals surface area contributed by atoms with Crippen LogP contribution in [-0.4, -0.2) is 95.7 Å². The molecule has 1 aromatic heterocycles. The highest BCUT2D eigenvalue weighted by molar-refractivity contribution is 5.95. The summed E-state index contributed by atoms with van der Waals surface area (Å²) in [7, 11) is 4.03. The maximum absolute atomic E-state index is 10.4. The molecule has 2 N–H and O–H groups in total. The molecule has 9 nitrogen and oxygen atoms in total. The van der Waals surface area contributed by atoms with Gasteiger partial charge in [0.2, 0.25) is 0 Å². The Morgan fingerprint density at radius 1 is 1.18 bits per heavy atom. The van der Waals surface area contributed by atoms with Crippen molar-refractivity contribution in [3.63, 3.8) is 0 Å². The highest BCUT2D eigenvalue weighted by Crippen LogP contribution is 2.37. The van der Waals surface area contributed by atoms with E-state index in [2.05, 4.69) is 34.3 Å². The van der Waals surface area contributed by atoms with Crippen LogP contribution in [0.25, 0.3) is 10.8 Å². The molecule has 2 aromatic carbocycles. The van der Waals surface area contributed by atoms with Crippen molar-refractivity contribution < 1.29 is 14.9 Å². The van der Waals surface area contributed by atoms with Gasteiger partial charge < -0.3 is 29.6 Å². The van der Waals surface area contributed by atoms with E-state index in [1.165, 1.54) is 0 Å². The molecule has 0 amide bonds. The van der Waals surface area contributed by atoms with Gasteiger partial charge in [0.25, 0.3) is 0 Å². The van der Waals surface area contributed by atoms with E-state index >= 15 is 0 Å². The van der Waals surface area contributed by atoms with Crippen molar-refractivity contribution >= 4 is 22.3 Å². The fourth-order valence-electron chi connectivity index (χ4n) is 5.44. The number of phenols is 1. The van der Waals surface area contributed by atoms with Gasteiger partial charge >= 0.3 is 6.01 Å². The zero-order valence-corrected chi connectivity index (χ0v) is 22.5. The molecule has 1 fully saturated rings. The number of aromatic hydroxyl groups is 1. The van der Waals surface area contributed by atoms with Crippen molar-refractivity contribution in [2.45, 2.75) is 32.2 Å². The van der Waals surface area contributed by atoms with Crippen molar-refractivity contribution in [1.82, 2.24) is 19.8 Å². The first kappa shape index (κ1) is 26.2. The fraction of sp³-hybridized carbons (Fsp3) is 0.448. The molecule has 0 aliphatic carbocycles. The lowest BCUT2D eigenvalue weighted by Crippen LogP contribution is -2.55. The Bertz CT molecular complexity index is 1300. The minimum absolute atomic E-state index is 0.153. The molecule has 2 aliphatic rings. The maximum Gasteiger partial charge on any atom is 0.318 e. The van der Waals surface area contributed by atoms with Crippen molar-refractivity contribution in [1.29, 1.82) is 0 Å². The molecule has 0 radical (unpaired) electrons. The topological polar surface area (TPSA) is 88.4 Å². The Kier molecular flexibility index (Phi) is 7.69. The first-order chi connectivity index (χ1) is 18.3. The molecular weight excluding hydrogens is 480 g/mol. The SMILES string of the molecule is C=CC(O)N1CCN(c2nc(OCCN(C)C)nc3c2CCN(c2cc(O)cc4ccccc24)C3)[C@@H](C)C1. The number of anilines is 2. The molecule has 2 aliphatic heterocycles. The van der Waals surface area contributed by atoms with Crippen LogP contribution in [0.5, 0.6) is 11.8 Å². The van der Waals surface area contributed by atoms with Crippen molar-refractivity contribution in [2.75, 3.05) is 63.2 Å². The van der Waals surface area contributed by atoms with Crippen LogP contribution in [0.1, 0.15) is 18.2 Å². The van der Waals surface area contributed by atoms with Gasteiger partial charge in [-0.3, -0.25) is 4.90 Å². The summed E-state index contributed by atoms with van der Waals surface area (Å²) in [6.45, 7) is 10.7. The number of aromatic nitrogens is 2. The number of aliphatic hydroxyl groups is 1. The number of hydrogen-bond donors (Lipinski definition) is 2. The van der Waals surface area contributed by atoms with Crippen LogP contribution in [0.15, 0.2) is 49.1 Å². The summed E-state index contributed by atoms with van der Waals surface area (Å²) < 4.78 is 6.04. The van der Waals surface area contributed by atoms with Crippen molar-refractivity contribution in [3.8, 4) is 11.8 Å². The van der Waals surface area contributed by atoms with Crippen LogP contribution < -0.4 is 14.5 Å². The van der Waals surface area contributed by atoms with Crippen LogP contribution in [-0.2, 0) is 13.0 Å². The van der Waals surface area contributed by atoms with E-state index < -0.39 is 6.23 Å². The number of piperazine rings is 1. The summed E-state index contributed by atoms with van der Waals surface area (Å²) in [5.41, 5.74) is 3.10. The largest absolute Gasteiger partial charge is 0.508 e. The molecule has 1 saturated heterocycles. The number of aliphatic hydroxyl groups excluding tert-OH is 1. The molecule has 3 aromatic rings. The van der Waals surface area contributed by atoms with Crippen LogP contribution in [0.2, 0.25) is 0 Å². The van der Waals surface area contributed by atoms with E-state index in [-0.39, 0.29) is 11.8 Å². The third kappa shape index (κ3) is 5.41. The molecule has 0 saturated carbocycles. The number of ether oxygens (including phenoxy) is 1. The second-order valence-electron chi connectivity index (χ2n) is 10.5. The monoisotopic (exact) mass is 518 g/mol. The second kappa shape index (κ2) is 11.1. The second-order valence-corrected chi connectivity index (χ2v) is 10.5. The fourth-order valence-corrected chi connectivity index (χ4v) is 5.44. The minimum Gasteiger partial charge on any atom is -0.508 e. The standard InChI is InChI=1S/C29H38N6O3/c1-5-27(37)34-12-13-35(20(2)18-34)28-24-10-11-33(19-25(24)30-29(31-28)38-15-14-32(3)4)26-17-22(36)16-21-8-6-7-9-23(21)26/h5-9,16-17,20,27,36-37H,1,10-15,18-19H2,2-4H3/t20-,27?/m0/s1. The molecule has 5 rings (SSSR count). The zero-order chi connectivity index (χ0) is 26.8. The highest BCUT2D eigenvalue weighted by atomic mass is 16.5. The van der Waals surface area contributed by atoms with Gasteiger partial charge in [-0.15, -0.1) is 0 Å². The number of fused-ring (bicyclic) bond motifs is 2. The quantitative estimate of drug-likeness (QED) is 0.437. The van der Waals surface area contributed by atoms with Gasteiger partial charge in [-0.05, 0) is 45.0 Å². The Labute approximate surface area is 224 Å². The molecular formula is C29H38N6O3. The summed E-state index contributed by atoms with van der Waals surface area (Å²) >= 11 is 0. The first-order valence-corrected chi connectivity index (χ1v) is 13.3. The normalized spacial score (nSPS) is 19.0. The van der Waals surface area contributed by atoms with Crippen molar-refractivity contribution in [2.24, 2.45) is 0 Å². The lowest BCUT2D eigenvalue weighted by Gasteiger charge is -2.43. The van der Waals surface area contributed by atoms with Crippen LogP contribution >= 0.6 is 0 Å². The van der Waals surface area contributed by atoms with E-state index in [0.717, 1.165) is 59.6 Å². The number of hydrogen-bond acceptors (Lipinski definition) is 9. The molecule has 3 heterocycles. The Morgan fingerprint density at radius 3 is 2.76 bits per heavy atom. The van der Waals surface area contributed by atoms with E-state index in [9.17, 15) is 10.2 Å². The van der Waals surface area contributed by atoms with E-state index in [4.69, 9.17) is 14.7 Å². The molecule has 0 bridgehead atoms. The predicted molar refractivity (Wildman–Crippen MR) is 151 cm³/mol.